The molecule has 2 aromatic carbocycles. The highest BCUT2D eigenvalue weighted by Crippen LogP contribution is 2.21. The molecular weight excluding hydrogens is 343 g/mol. The molecule has 2 rings (SSSR count). The fraction of sp³-hybridized carbons (Fsp3) is 0.278. The average Bonchev–Trinajstić information content (AvgIpc) is 2.47. The first-order valence-electron chi connectivity index (χ1n) is 7.76. The summed E-state index contributed by atoms with van der Waals surface area (Å²) in [7, 11) is -3.52. The van der Waals surface area contributed by atoms with Crippen LogP contribution in [0.1, 0.15) is 17.5 Å². The Labute approximate surface area is 147 Å². The highest BCUT2D eigenvalue weighted by Gasteiger charge is 2.19. The minimum absolute atomic E-state index is 0.0164. The summed E-state index contributed by atoms with van der Waals surface area (Å²) in [5.74, 6) is -0.735. The Balaban J connectivity index is 2.10. The van der Waals surface area contributed by atoms with Gasteiger partial charge in [0.15, 0.2) is 0 Å². The maximum atomic E-state index is 12.9. The van der Waals surface area contributed by atoms with Gasteiger partial charge in [0.2, 0.25) is 15.9 Å². The van der Waals surface area contributed by atoms with Crippen molar-refractivity contribution < 1.29 is 17.6 Å². The molecule has 0 atom stereocenters. The van der Waals surface area contributed by atoms with Crippen LogP contribution in [0.3, 0.4) is 0 Å². The summed E-state index contributed by atoms with van der Waals surface area (Å²) < 4.78 is 38.3. The second-order valence-corrected chi connectivity index (χ2v) is 7.89. The molecular formula is C18H21FN2O3S. The molecule has 0 aliphatic heterocycles. The van der Waals surface area contributed by atoms with E-state index < -0.39 is 15.8 Å². The number of aryl methyl sites for hydroxylation is 2. The quantitative estimate of drug-likeness (QED) is 0.856. The molecule has 2 aromatic rings. The van der Waals surface area contributed by atoms with Crippen LogP contribution in [0.4, 0.5) is 15.8 Å². The fourth-order valence-electron chi connectivity index (χ4n) is 2.54. The standard InChI is InChI=1S/C18H21FN2O3S/c1-13-10-14(2)12-17(11-13)21(25(3,23)24)9-8-18(22)20-16-6-4-15(19)5-7-16/h4-7,10-12H,8-9H2,1-3H3,(H,20,22). The third kappa shape index (κ3) is 5.56. The van der Waals surface area contributed by atoms with Crippen LogP contribution in [-0.2, 0) is 14.8 Å². The van der Waals surface area contributed by atoms with Gasteiger partial charge in [-0.3, -0.25) is 9.10 Å². The molecule has 0 aromatic heterocycles. The number of carbonyl (C=O) groups excluding carboxylic acids is 1. The van der Waals surface area contributed by atoms with Crippen LogP contribution in [0.2, 0.25) is 0 Å². The second-order valence-electron chi connectivity index (χ2n) is 5.99. The lowest BCUT2D eigenvalue weighted by molar-refractivity contribution is -0.116. The van der Waals surface area contributed by atoms with E-state index in [1.54, 1.807) is 12.1 Å². The van der Waals surface area contributed by atoms with Gasteiger partial charge in [-0.1, -0.05) is 6.07 Å². The molecule has 0 aliphatic carbocycles. The van der Waals surface area contributed by atoms with Gasteiger partial charge >= 0.3 is 0 Å². The van der Waals surface area contributed by atoms with Gasteiger partial charge in [-0.25, -0.2) is 12.8 Å². The molecule has 0 bridgehead atoms. The van der Waals surface area contributed by atoms with E-state index in [1.165, 1.54) is 28.6 Å². The maximum Gasteiger partial charge on any atom is 0.232 e. The number of carbonyl (C=O) groups is 1. The van der Waals surface area contributed by atoms with Crippen molar-refractivity contribution in [2.45, 2.75) is 20.3 Å². The predicted molar refractivity (Wildman–Crippen MR) is 97.8 cm³/mol. The normalized spacial score (nSPS) is 11.2. The van der Waals surface area contributed by atoms with Crippen molar-refractivity contribution in [1.82, 2.24) is 0 Å². The number of nitrogens with one attached hydrogen (secondary N) is 1. The summed E-state index contributed by atoms with van der Waals surface area (Å²) in [5.41, 5.74) is 2.89. The third-order valence-electron chi connectivity index (χ3n) is 3.56. The third-order valence-corrected chi connectivity index (χ3v) is 4.76. The van der Waals surface area contributed by atoms with Crippen LogP contribution in [-0.4, -0.2) is 27.1 Å². The number of hydrogen-bond acceptors (Lipinski definition) is 3. The number of nitrogens with zero attached hydrogens (tertiary/aromatic N) is 1. The Hall–Kier alpha value is -2.41. The molecule has 0 aliphatic rings. The van der Waals surface area contributed by atoms with Gasteiger partial charge in [0.1, 0.15) is 5.82 Å². The van der Waals surface area contributed by atoms with Gasteiger partial charge in [0, 0.05) is 18.7 Å². The van der Waals surface area contributed by atoms with E-state index in [1.807, 2.05) is 19.9 Å². The zero-order valence-electron chi connectivity index (χ0n) is 14.4. The molecule has 0 fully saturated rings. The largest absolute Gasteiger partial charge is 0.326 e. The Bertz CT molecular complexity index is 844. The van der Waals surface area contributed by atoms with E-state index in [4.69, 9.17) is 0 Å². The minimum atomic E-state index is -3.52. The minimum Gasteiger partial charge on any atom is -0.326 e. The van der Waals surface area contributed by atoms with Crippen LogP contribution in [0.25, 0.3) is 0 Å². The van der Waals surface area contributed by atoms with E-state index in [0.29, 0.717) is 11.4 Å². The average molecular weight is 364 g/mol. The summed E-state index contributed by atoms with van der Waals surface area (Å²) in [6.45, 7) is 3.80. The van der Waals surface area contributed by atoms with E-state index in [-0.39, 0.29) is 18.9 Å². The van der Waals surface area contributed by atoms with Crippen molar-refractivity contribution >= 4 is 27.3 Å². The monoisotopic (exact) mass is 364 g/mol. The van der Waals surface area contributed by atoms with Gasteiger partial charge in [0.25, 0.3) is 0 Å². The summed E-state index contributed by atoms with van der Waals surface area (Å²) >= 11 is 0. The Morgan fingerprint density at radius 2 is 1.64 bits per heavy atom. The number of benzene rings is 2. The zero-order chi connectivity index (χ0) is 18.6. The lowest BCUT2D eigenvalue weighted by atomic mass is 10.1. The molecule has 25 heavy (non-hydrogen) atoms. The predicted octanol–water partition coefficient (Wildman–Crippen LogP) is 3.24. The van der Waals surface area contributed by atoms with Crippen LogP contribution < -0.4 is 9.62 Å². The Kier molecular flexibility index (Phi) is 5.79. The molecule has 0 unspecified atom stereocenters. The second kappa shape index (κ2) is 7.65. The Morgan fingerprint density at radius 3 is 2.16 bits per heavy atom. The molecule has 0 saturated heterocycles. The molecule has 1 N–H and O–H groups in total. The number of amides is 1. The fourth-order valence-corrected chi connectivity index (χ4v) is 3.45. The van der Waals surface area contributed by atoms with Crippen molar-refractivity contribution in [2.24, 2.45) is 0 Å². The van der Waals surface area contributed by atoms with E-state index in [9.17, 15) is 17.6 Å². The molecule has 5 nitrogen and oxygen atoms in total. The van der Waals surface area contributed by atoms with Crippen LogP contribution >= 0.6 is 0 Å². The van der Waals surface area contributed by atoms with Gasteiger partial charge in [-0.15, -0.1) is 0 Å². The summed E-state index contributed by atoms with van der Waals surface area (Å²) in [5, 5.41) is 2.62. The highest BCUT2D eigenvalue weighted by atomic mass is 32.2. The lowest BCUT2D eigenvalue weighted by Crippen LogP contribution is -2.33. The van der Waals surface area contributed by atoms with Gasteiger partial charge in [0.05, 0.1) is 11.9 Å². The number of halogens is 1. The maximum absolute atomic E-state index is 12.9. The molecule has 0 spiro atoms. The van der Waals surface area contributed by atoms with Crippen LogP contribution in [0.15, 0.2) is 42.5 Å². The first kappa shape index (κ1) is 18.9. The van der Waals surface area contributed by atoms with E-state index in [2.05, 4.69) is 5.32 Å². The van der Waals surface area contributed by atoms with Crippen LogP contribution in [0, 0.1) is 19.7 Å². The molecule has 7 heteroatoms. The van der Waals surface area contributed by atoms with E-state index in [0.717, 1.165) is 17.4 Å². The van der Waals surface area contributed by atoms with Gasteiger partial charge < -0.3 is 5.32 Å². The molecule has 0 heterocycles. The molecule has 134 valence electrons. The summed E-state index contributed by atoms with van der Waals surface area (Å²) in [4.78, 5) is 12.1. The molecule has 1 amide bonds. The first-order valence-corrected chi connectivity index (χ1v) is 9.61. The van der Waals surface area contributed by atoms with Crippen molar-refractivity contribution in [2.75, 3.05) is 22.4 Å². The smallest absolute Gasteiger partial charge is 0.232 e. The number of hydrogen-bond donors (Lipinski definition) is 1. The Morgan fingerprint density at radius 1 is 1.08 bits per heavy atom. The molecule has 0 saturated carbocycles. The first-order chi connectivity index (χ1) is 11.6. The van der Waals surface area contributed by atoms with Crippen LogP contribution in [0.5, 0.6) is 0 Å². The van der Waals surface area contributed by atoms with Crippen molar-refractivity contribution in [1.29, 1.82) is 0 Å². The van der Waals surface area contributed by atoms with E-state index >= 15 is 0 Å². The topological polar surface area (TPSA) is 66.5 Å². The lowest BCUT2D eigenvalue weighted by Gasteiger charge is -2.23. The summed E-state index contributed by atoms with van der Waals surface area (Å²) in [6.07, 6.45) is 1.10. The zero-order valence-corrected chi connectivity index (χ0v) is 15.2. The SMILES string of the molecule is Cc1cc(C)cc(N(CCC(=O)Nc2ccc(F)cc2)S(C)(=O)=O)c1. The highest BCUT2D eigenvalue weighted by molar-refractivity contribution is 7.92. The number of rotatable bonds is 6. The van der Waals surface area contributed by atoms with Crippen molar-refractivity contribution in [3.63, 3.8) is 0 Å². The van der Waals surface area contributed by atoms with Crippen molar-refractivity contribution in [3.05, 3.63) is 59.4 Å². The molecule has 0 radical (unpaired) electrons. The van der Waals surface area contributed by atoms with Gasteiger partial charge in [-0.2, -0.15) is 0 Å². The van der Waals surface area contributed by atoms with Gasteiger partial charge in [-0.05, 0) is 61.4 Å². The summed E-state index contributed by atoms with van der Waals surface area (Å²) in [6, 6.07) is 10.9. The number of anilines is 2. The number of sulfonamides is 1. The van der Waals surface area contributed by atoms with Crippen molar-refractivity contribution in [3.8, 4) is 0 Å².